The molecule has 0 atom stereocenters. The Bertz CT molecular complexity index is 401. The Hall–Kier alpha value is -1.30. The van der Waals surface area contributed by atoms with Crippen LogP contribution in [0.25, 0.3) is 0 Å². The SMILES string of the molecule is CNCCC#Cc1ccc(CNC(C)(C)C)cc1. The lowest BCUT2D eigenvalue weighted by atomic mass is 10.1. The number of rotatable bonds is 4. The quantitative estimate of drug-likeness (QED) is 0.628. The normalized spacial score (nSPS) is 10.9. The van der Waals surface area contributed by atoms with Crippen LogP contribution in [0.3, 0.4) is 0 Å². The summed E-state index contributed by atoms with van der Waals surface area (Å²) in [4.78, 5) is 0. The molecule has 2 N–H and O–H groups in total. The molecule has 0 aliphatic carbocycles. The first kappa shape index (κ1) is 14.8. The van der Waals surface area contributed by atoms with E-state index in [0.717, 1.165) is 25.1 Å². The van der Waals surface area contributed by atoms with Crippen LogP contribution < -0.4 is 10.6 Å². The summed E-state index contributed by atoms with van der Waals surface area (Å²) in [7, 11) is 1.94. The second-order valence-electron chi connectivity index (χ2n) is 5.46. The van der Waals surface area contributed by atoms with Gasteiger partial charge in [0.2, 0.25) is 0 Å². The molecule has 1 aromatic rings. The molecule has 0 aliphatic heterocycles. The van der Waals surface area contributed by atoms with Crippen LogP contribution in [-0.4, -0.2) is 19.1 Å². The third-order valence-corrected chi connectivity index (χ3v) is 2.51. The van der Waals surface area contributed by atoms with Gasteiger partial charge in [0, 0.05) is 30.6 Å². The molecule has 0 aromatic heterocycles. The molecule has 98 valence electrons. The Morgan fingerprint density at radius 3 is 2.33 bits per heavy atom. The number of benzene rings is 1. The van der Waals surface area contributed by atoms with Gasteiger partial charge >= 0.3 is 0 Å². The van der Waals surface area contributed by atoms with E-state index >= 15 is 0 Å². The molecule has 0 spiro atoms. The Balaban J connectivity index is 2.49. The van der Waals surface area contributed by atoms with Crippen molar-refractivity contribution in [3.8, 4) is 11.8 Å². The first-order valence-corrected chi connectivity index (χ1v) is 6.49. The second kappa shape index (κ2) is 7.20. The van der Waals surface area contributed by atoms with Crippen molar-refractivity contribution in [2.75, 3.05) is 13.6 Å². The van der Waals surface area contributed by atoms with Crippen molar-refractivity contribution < 1.29 is 0 Å². The summed E-state index contributed by atoms with van der Waals surface area (Å²) in [5.74, 6) is 6.32. The molecule has 0 saturated heterocycles. The van der Waals surface area contributed by atoms with Gasteiger partial charge in [0.25, 0.3) is 0 Å². The summed E-state index contributed by atoms with van der Waals surface area (Å²) in [6.07, 6.45) is 0.893. The van der Waals surface area contributed by atoms with Crippen LogP contribution >= 0.6 is 0 Å². The maximum Gasteiger partial charge on any atom is 0.0245 e. The standard InChI is InChI=1S/C16H24N2/c1-16(2,3)18-13-15-10-8-14(9-11-15)7-5-6-12-17-4/h8-11,17-18H,6,12-13H2,1-4H3. The smallest absolute Gasteiger partial charge is 0.0245 e. The average Bonchev–Trinajstić information content (AvgIpc) is 2.33. The van der Waals surface area contributed by atoms with E-state index in [1.807, 2.05) is 7.05 Å². The highest BCUT2D eigenvalue weighted by Crippen LogP contribution is 2.06. The van der Waals surface area contributed by atoms with Gasteiger partial charge in [-0.2, -0.15) is 0 Å². The van der Waals surface area contributed by atoms with Gasteiger partial charge in [0.15, 0.2) is 0 Å². The van der Waals surface area contributed by atoms with Gasteiger partial charge in [0.1, 0.15) is 0 Å². The van der Waals surface area contributed by atoms with Crippen molar-refractivity contribution in [1.82, 2.24) is 10.6 Å². The molecule has 0 amide bonds. The maximum absolute atomic E-state index is 3.47. The zero-order chi connectivity index (χ0) is 13.4. The van der Waals surface area contributed by atoms with Crippen LogP contribution in [-0.2, 0) is 6.54 Å². The molecule has 2 heteroatoms. The fourth-order valence-electron chi connectivity index (χ4n) is 1.43. The third-order valence-electron chi connectivity index (χ3n) is 2.51. The van der Waals surface area contributed by atoms with E-state index in [-0.39, 0.29) is 5.54 Å². The van der Waals surface area contributed by atoms with Gasteiger partial charge in [-0.25, -0.2) is 0 Å². The van der Waals surface area contributed by atoms with Gasteiger partial charge < -0.3 is 10.6 Å². The van der Waals surface area contributed by atoms with Gasteiger partial charge in [-0.1, -0.05) is 24.0 Å². The van der Waals surface area contributed by atoms with Crippen LogP contribution in [0.2, 0.25) is 0 Å². The summed E-state index contributed by atoms with van der Waals surface area (Å²) in [6, 6.07) is 8.46. The minimum absolute atomic E-state index is 0.158. The average molecular weight is 244 g/mol. The summed E-state index contributed by atoms with van der Waals surface area (Å²) in [6.45, 7) is 8.37. The zero-order valence-electron chi connectivity index (χ0n) is 11.9. The van der Waals surface area contributed by atoms with Crippen LogP contribution in [0.1, 0.15) is 38.3 Å². The lowest BCUT2D eigenvalue weighted by molar-refractivity contribution is 0.424. The van der Waals surface area contributed by atoms with Crippen LogP contribution in [0.4, 0.5) is 0 Å². The predicted molar refractivity (Wildman–Crippen MR) is 78.5 cm³/mol. The molecule has 0 aliphatic rings. The molecule has 0 heterocycles. The number of nitrogens with one attached hydrogen (secondary N) is 2. The van der Waals surface area contributed by atoms with Gasteiger partial charge in [-0.15, -0.1) is 0 Å². The van der Waals surface area contributed by atoms with Gasteiger partial charge in [-0.05, 0) is 45.5 Å². The second-order valence-corrected chi connectivity index (χ2v) is 5.46. The molecular formula is C16H24N2. The Kier molecular flexibility index (Phi) is 5.91. The van der Waals surface area contributed by atoms with E-state index in [0.29, 0.717) is 0 Å². The van der Waals surface area contributed by atoms with Gasteiger partial charge in [0.05, 0.1) is 0 Å². The molecule has 0 saturated carbocycles. The molecule has 0 radical (unpaired) electrons. The lowest BCUT2D eigenvalue weighted by Crippen LogP contribution is -2.35. The van der Waals surface area contributed by atoms with Crippen molar-refractivity contribution >= 4 is 0 Å². The van der Waals surface area contributed by atoms with Gasteiger partial charge in [-0.3, -0.25) is 0 Å². The lowest BCUT2D eigenvalue weighted by Gasteiger charge is -2.20. The first-order valence-electron chi connectivity index (χ1n) is 6.49. The van der Waals surface area contributed by atoms with Crippen molar-refractivity contribution in [3.63, 3.8) is 0 Å². The van der Waals surface area contributed by atoms with Crippen LogP contribution in [0, 0.1) is 11.8 Å². The van der Waals surface area contributed by atoms with Crippen molar-refractivity contribution in [1.29, 1.82) is 0 Å². The topological polar surface area (TPSA) is 24.1 Å². The summed E-state index contributed by atoms with van der Waals surface area (Å²) >= 11 is 0. The highest BCUT2D eigenvalue weighted by molar-refractivity contribution is 5.36. The maximum atomic E-state index is 3.47. The molecule has 1 aromatic carbocycles. The van der Waals surface area contributed by atoms with Crippen molar-refractivity contribution in [3.05, 3.63) is 35.4 Å². The van der Waals surface area contributed by atoms with E-state index in [1.54, 1.807) is 0 Å². The zero-order valence-corrected chi connectivity index (χ0v) is 11.9. The molecule has 18 heavy (non-hydrogen) atoms. The van der Waals surface area contributed by atoms with Crippen molar-refractivity contribution in [2.45, 2.75) is 39.3 Å². The Morgan fingerprint density at radius 2 is 1.78 bits per heavy atom. The molecular weight excluding hydrogens is 220 g/mol. The minimum Gasteiger partial charge on any atom is -0.319 e. The molecule has 1 rings (SSSR count). The third kappa shape index (κ3) is 6.44. The number of hydrogen-bond acceptors (Lipinski definition) is 2. The Morgan fingerprint density at radius 1 is 1.11 bits per heavy atom. The summed E-state index contributed by atoms with van der Waals surface area (Å²) in [5.41, 5.74) is 2.54. The first-order chi connectivity index (χ1) is 8.51. The van der Waals surface area contributed by atoms with Crippen LogP contribution in [0.15, 0.2) is 24.3 Å². The molecule has 0 fully saturated rings. The molecule has 0 unspecified atom stereocenters. The fraction of sp³-hybridized carbons (Fsp3) is 0.500. The highest BCUT2D eigenvalue weighted by atomic mass is 14.9. The minimum atomic E-state index is 0.158. The van der Waals surface area contributed by atoms with E-state index in [9.17, 15) is 0 Å². The highest BCUT2D eigenvalue weighted by Gasteiger charge is 2.07. The van der Waals surface area contributed by atoms with E-state index in [4.69, 9.17) is 0 Å². The predicted octanol–water partition coefficient (Wildman–Crippen LogP) is 2.54. The van der Waals surface area contributed by atoms with E-state index < -0.39 is 0 Å². The van der Waals surface area contributed by atoms with Crippen LogP contribution in [0.5, 0.6) is 0 Å². The molecule has 2 nitrogen and oxygen atoms in total. The Labute approximate surface area is 111 Å². The largest absolute Gasteiger partial charge is 0.319 e. The number of hydrogen-bond donors (Lipinski definition) is 2. The summed E-state index contributed by atoms with van der Waals surface area (Å²) < 4.78 is 0. The monoisotopic (exact) mass is 244 g/mol. The molecule has 0 bridgehead atoms. The fourth-order valence-corrected chi connectivity index (χ4v) is 1.43. The van der Waals surface area contributed by atoms with E-state index in [2.05, 4.69) is 67.5 Å². The van der Waals surface area contributed by atoms with E-state index in [1.165, 1.54) is 5.56 Å². The van der Waals surface area contributed by atoms with Crippen molar-refractivity contribution in [2.24, 2.45) is 0 Å². The summed E-state index contributed by atoms with van der Waals surface area (Å²) in [5, 5.41) is 6.56.